The second-order valence-electron chi connectivity index (χ2n) is 4.59. The summed E-state index contributed by atoms with van der Waals surface area (Å²) in [7, 11) is 0. The summed E-state index contributed by atoms with van der Waals surface area (Å²) in [4.78, 5) is 14.6. The molecule has 20 heavy (non-hydrogen) atoms. The van der Waals surface area contributed by atoms with E-state index in [9.17, 15) is 15.0 Å². The van der Waals surface area contributed by atoms with Crippen LogP contribution in [0.25, 0.3) is 22.2 Å². The molecule has 0 fully saturated rings. The molecule has 0 saturated carbocycles. The minimum Gasteiger partial charge on any atom is -0.507 e. The lowest BCUT2D eigenvalue weighted by molar-refractivity contribution is 0.112. The van der Waals surface area contributed by atoms with Gasteiger partial charge in [0.25, 0.3) is 0 Å². The van der Waals surface area contributed by atoms with Crippen LogP contribution in [0.15, 0.2) is 42.5 Å². The number of benzene rings is 2. The maximum Gasteiger partial charge on any atom is 0.152 e. The van der Waals surface area contributed by atoms with Crippen molar-refractivity contribution >= 4 is 17.2 Å². The number of phenols is 1. The third-order valence-electron chi connectivity index (χ3n) is 3.38. The third kappa shape index (κ3) is 1.87. The summed E-state index contributed by atoms with van der Waals surface area (Å²) >= 11 is 0. The molecule has 1 heterocycles. The Bertz CT molecular complexity index is 790. The van der Waals surface area contributed by atoms with E-state index in [0.29, 0.717) is 16.8 Å². The van der Waals surface area contributed by atoms with Gasteiger partial charge in [-0.1, -0.05) is 18.2 Å². The zero-order valence-electron chi connectivity index (χ0n) is 10.6. The molecule has 0 amide bonds. The molecule has 3 aromatic rings. The maximum atomic E-state index is 11.4. The van der Waals surface area contributed by atoms with Gasteiger partial charge in [-0.15, -0.1) is 0 Å². The Kier molecular flexibility index (Phi) is 3.00. The van der Waals surface area contributed by atoms with Crippen LogP contribution in [-0.4, -0.2) is 21.5 Å². The number of rotatable bonds is 3. The number of aromatic nitrogens is 1. The number of hydrogen-bond donors (Lipinski definition) is 3. The molecule has 4 heteroatoms. The van der Waals surface area contributed by atoms with E-state index >= 15 is 0 Å². The molecule has 0 saturated heterocycles. The molecule has 0 aliphatic heterocycles. The van der Waals surface area contributed by atoms with Crippen LogP contribution in [0.2, 0.25) is 0 Å². The second kappa shape index (κ2) is 4.83. The lowest BCUT2D eigenvalue weighted by Crippen LogP contribution is -1.86. The molecule has 100 valence electrons. The number of aliphatic hydroxyl groups is 1. The Morgan fingerprint density at radius 1 is 1.15 bits per heavy atom. The minimum atomic E-state index is -0.0780. The highest BCUT2D eigenvalue weighted by atomic mass is 16.3. The van der Waals surface area contributed by atoms with Crippen molar-refractivity contribution in [3.05, 3.63) is 53.6 Å². The topological polar surface area (TPSA) is 73.3 Å². The highest BCUT2D eigenvalue weighted by molar-refractivity contribution is 6.05. The van der Waals surface area contributed by atoms with Gasteiger partial charge in [-0.05, 0) is 29.8 Å². The van der Waals surface area contributed by atoms with Crippen LogP contribution >= 0.6 is 0 Å². The first-order valence-corrected chi connectivity index (χ1v) is 6.23. The Morgan fingerprint density at radius 3 is 2.65 bits per heavy atom. The van der Waals surface area contributed by atoms with Crippen molar-refractivity contribution in [3.8, 4) is 17.0 Å². The Labute approximate surface area is 115 Å². The van der Waals surface area contributed by atoms with Gasteiger partial charge in [0.05, 0.1) is 12.3 Å². The zero-order chi connectivity index (χ0) is 14.1. The quantitative estimate of drug-likeness (QED) is 0.639. The molecule has 0 bridgehead atoms. The second-order valence-corrected chi connectivity index (χ2v) is 4.59. The Morgan fingerprint density at radius 2 is 1.95 bits per heavy atom. The van der Waals surface area contributed by atoms with Crippen LogP contribution in [0.5, 0.6) is 5.75 Å². The van der Waals surface area contributed by atoms with Gasteiger partial charge in [0.15, 0.2) is 6.29 Å². The smallest absolute Gasteiger partial charge is 0.152 e. The molecule has 1 aromatic heterocycles. The number of aromatic hydroxyl groups is 1. The summed E-state index contributed by atoms with van der Waals surface area (Å²) in [6.07, 6.45) is 0.766. The molecule has 0 spiro atoms. The standard InChI is InChI=1S/C16H13NO3/c18-8-10-5-6-14-12(7-10)13(9-19)16(17-14)11-3-1-2-4-15(11)20/h1-7,9,17-18,20H,8H2. The van der Waals surface area contributed by atoms with Gasteiger partial charge in [0.2, 0.25) is 0 Å². The molecule has 3 rings (SSSR count). The predicted octanol–water partition coefficient (Wildman–Crippen LogP) is 2.85. The van der Waals surface area contributed by atoms with Gasteiger partial charge in [0, 0.05) is 22.0 Å². The van der Waals surface area contributed by atoms with E-state index in [0.717, 1.165) is 22.8 Å². The normalized spacial score (nSPS) is 10.8. The number of aliphatic hydroxyl groups excluding tert-OH is 1. The average Bonchev–Trinajstić information content (AvgIpc) is 2.84. The van der Waals surface area contributed by atoms with E-state index in [2.05, 4.69) is 4.98 Å². The number of hydrogen-bond acceptors (Lipinski definition) is 3. The van der Waals surface area contributed by atoms with Crippen LogP contribution < -0.4 is 0 Å². The summed E-state index contributed by atoms with van der Waals surface area (Å²) in [5.74, 6) is 0.115. The predicted molar refractivity (Wildman–Crippen MR) is 76.7 cm³/mol. The molecule has 3 N–H and O–H groups in total. The van der Waals surface area contributed by atoms with Gasteiger partial charge in [0.1, 0.15) is 5.75 Å². The van der Waals surface area contributed by atoms with Crippen molar-refractivity contribution in [1.82, 2.24) is 4.98 Å². The number of para-hydroxylation sites is 1. The first-order valence-electron chi connectivity index (χ1n) is 6.23. The van der Waals surface area contributed by atoms with Crippen molar-refractivity contribution in [2.75, 3.05) is 0 Å². The van der Waals surface area contributed by atoms with E-state index in [1.807, 2.05) is 6.07 Å². The molecular weight excluding hydrogens is 254 g/mol. The average molecular weight is 267 g/mol. The molecule has 4 nitrogen and oxygen atoms in total. The van der Waals surface area contributed by atoms with Crippen LogP contribution in [0.3, 0.4) is 0 Å². The molecular formula is C16H13NO3. The van der Waals surface area contributed by atoms with Crippen molar-refractivity contribution in [3.63, 3.8) is 0 Å². The highest BCUT2D eigenvalue weighted by Gasteiger charge is 2.15. The van der Waals surface area contributed by atoms with Gasteiger partial charge in [-0.25, -0.2) is 0 Å². The molecule has 0 radical (unpaired) electrons. The summed E-state index contributed by atoms with van der Waals surface area (Å²) in [5.41, 5.74) is 3.18. The van der Waals surface area contributed by atoms with Crippen molar-refractivity contribution in [2.24, 2.45) is 0 Å². The summed E-state index contributed by atoms with van der Waals surface area (Å²) in [6, 6.07) is 12.2. The lowest BCUT2D eigenvalue weighted by Gasteiger charge is -2.02. The molecule has 0 atom stereocenters. The van der Waals surface area contributed by atoms with Crippen LogP contribution in [0.4, 0.5) is 0 Å². The summed E-state index contributed by atoms with van der Waals surface area (Å²) in [6.45, 7) is -0.0780. The fraction of sp³-hybridized carbons (Fsp3) is 0.0625. The van der Waals surface area contributed by atoms with E-state index in [1.54, 1.807) is 36.4 Å². The molecule has 2 aromatic carbocycles. The zero-order valence-corrected chi connectivity index (χ0v) is 10.6. The van der Waals surface area contributed by atoms with Crippen LogP contribution in [0, 0.1) is 0 Å². The SMILES string of the molecule is O=Cc1c(-c2ccccc2O)[nH]c2ccc(CO)cc12. The summed E-state index contributed by atoms with van der Waals surface area (Å²) in [5, 5.41) is 19.9. The number of carbonyl (C=O) groups is 1. The monoisotopic (exact) mass is 267 g/mol. The van der Waals surface area contributed by atoms with E-state index < -0.39 is 0 Å². The van der Waals surface area contributed by atoms with Crippen LogP contribution in [0.1, 0.15) is 15.9 Å². The largest absolute Gasteiger partial charge is 0.507 e. The Balaban J connectivity index is 2.31. The number of phenolic OH excluding ortho intramolecular Hbond substituents is 1. The number of nitrogens with one attached hydrogen (secondary N) is 1. The summed E-state index contributed by atoms with van der Waals surface area (Å²) < 4.78 is 0. The van der Waals surface area contributed by atoms with Gasteiger partial charge < -0.3 is 15.2 Å². The minimum absolute atomic E-state index is 0.0780. The number of aromatic amines is 1. The molecule has 0 unspecified atom stereocenters. The van der Waals surface area contributed by atoms with Gasteiger partial charge in [-0.2, -0.15) is 0 Å². The first-order chi connectivity index (χ1) is 9.74. The van der Waals surface area contributed by atoms with E-state index in [4.69, 9.17) is 0 Å². The van der Waals surface area contributed by atoms with E-state index in [1.165, 1.54) is 0 Å². The maximum absolute atomic E-state index is 11.4. The molecule has 0 aliphatic rings. The van der Waals surface area contributed by atoms with Gasteiger partial charge in [-0.3, -0.25) is 4.79 Å². The van der Waals surface area contributed by atoms with Crippen molar-refractivity contribution < 1.29 is 15.0 Å². The van der Waals surface area contributed by atoms with Crippen molar-refractivity contribution in [1.29, 1.82) is 0 Å². The van der Waals surface area contributed by atoms with Crippen LogP contribution in [-0.2, 0) is 6.61 Å². The number of aldehydes is 1. The Hall–Kier alpha value is -2.59. The fourth-order valence-electron chi connectivity index (χ4n) is 2.38. The fourth-order valence-corrected chi connectivity index (χ4v) is 2.38. The number of H-pyrrole nitrogens is 1. The van der Waals surface area contributed by atoms with E-state index in [-0.39, 0.29) is 12.4 Å². The lowest BCUT2D eigenvalue weighted by atomic mass is 10.0. The van der Waals surface area contributed by atoms with Gasteiger partial charge >= 0.3 is 0 Å². The van der Waals surface area contributed by atoms with Crippen molar-refractivity contribution in [2.45, 2.75) is 6.61 Å². The number of fused-ring (bicyclic) bond motifs is 1. The molecule has 0 aliphatic carbocycles. The highest BCUT2D eigenvalue weighted by Crippen LogP contribution is 2.34. The first kappa shape index (κ1) is 12.4. The number of carbonyl (C=O) groups excluding carboxylic acids is 1. The third-order valence-corrected chi connectivity index (χ3v) is 3.38.